The highest BCUT2D eigenvalue weighted by Gasteiger charge is 2.24. The molecule has 0 bridgehead atoms. The lowest BCUT2D eigenvalue weighted by molar-refractivity contribution is 0.104. The maximum Gasteiger partial charge on any atom is 0.0656 e. The van der Waals surface area contributed by atoms with Gasteiger partial charge in [-0.1, -0.05) is 0 Å². The summed E-state index contributed by atoms with van der Waals surface area (Å²) in [6.45, 7) is 0. The zero-order chi connectivity index (χ0) is 4.57. The molecule has 2 heteroatoms. The summed E-state index contributed by atoms with van der Waals surface area (Å²) >= 11 is 4.03. The fourth-order valence-electron chi connectivity index (χ4n) is 0.465. The van der Waals surface area contributed by atoms with Gasteiger partial charge in [-0.25, -0.2) is 0 Å². The first-order valence-electron chi connectivity index (χ1n) is 2.17. The van der Waals surface area contributed by atoms with Crippen LogP contribution in [0.5, 0.6) is 0 Å². The molecule has 36 valence electrons. The smallest absolute Gasteiger partial charge is 0.0656 e. The van der Waals surface area contributed by atoms with E-state index in [0.717, 1.165) is 12.8 Å². The van der Waals surface area contributed by atoms with Gasteiger partial charge in [-0.15, -0.1) is 0 Å². The second kappa shape index (κ2) is 1.43. The van der Waals surface area contributed by atoms with Crippen molar-refractivity contribution in [3.05, 3.63) is 0 Å². The SMILES string of the molecule is O[C@@H]1CC[C@H]1S. The summed E-state index contributed by atoms with van der Waals surface area (Å²) in [7, 11) is 0. The van der Waals surface area contributed by atoms with Crippen molar-refractivity contribution in [1.29, 1.82) is 0 Å². The van der Waals surface area contributed by atoms with E-state index in [2.05, 4.69) is 12.6 Å². The second-order valence-electron chi connectivity index (χ2n) is 1.71. The number of hydrogen-bond acceptors (Lipinski definition) is 2. The van der Waals surface area contributed by atoms with E-state index < -0.39 is 0 Å². The minimum atomic E-state index is -0.103. The standard InChI is InChI=1S/C4H8OS/c5-3-1-2-4(3)6/h3-6H,1-2H2/t3-,4-/m1/s1. The van der Waals surface area contributed by atoms with Crippen molar-refractivity contribution in [2.75, 3.05) is 0 Å². The fraction of sp³-hybridized carbons (Fsp3) is 1.00. The molecular weight excluding hydrogens is 96.1 g/mol. The highest BCUT2D eigenvalue weighted by Crippen LogP contribution is 2.24. The Bertz CT molecular complexity index is 47.5. The van der Waals surface area contributed by atoms with Gasteiger partial charge in [0.1, 0.15) is 0 Å². The van der Waals surface area contributed by atoms with Crippen molar-refractivity contribution in [3.63, 3.8) is 0 Å². The van der Waals surface area contributed by atoms with E-state index in [1.54, 1.807) is 0 Å². The molecule has 0 aliphatic heterocycles. The Kier molecular flexibility index (Phi) is 1.06. The van der Waals surface area contributed by atoms with Gasteiger partial charge in [0.25, 0.3) is 0 Å². The van der Waals surface area contributed by atoms with E-state index in [0.29, 0.717) is 0 Å². The molecule has 0 aromatic carbocycles. The molecule has 1 aliphatic rings. The van der Waals surface area contributed by atoms with Crippen LogP contribution in [0.25, 0.3) is 0 Å². The highest BCUT2D eigenvalue weighted by atomic mass is 32.1. The van der Waals surface area contributed by atoms with Crippen LogP contribution in [0.15, 0.2) is 0 Å². The van der Waals surface area contributed by atoms with Crippen LogP contribution in [0, 0.1) is 0 Å². The van der Waals surface area contributed by atoms with Crippen LogP contribution in [0.2, 0.25) is 0 Å². The molecule has 6 heavy (non-hydrogen) atoms. The van der Waals surface area contributed by atoms with Crippen molar-refractivity contribution in [2.24, 2.45) is 0 Å². The molecule has 0 saturated heterocycles. The average molecular weight is 104 g/mol. The molecule has 0 amide bonds. The van der Waals surface area contributed by atoms with Crippen molar-refractivity contribution in [2.45, 2.75) is 24.2 Å². The lowest BCUT2D eigenvalue weighted by Gasteiger charge is -2.27. The van der Waals surface area contributed by atoms with E-state index in [4.69, 9.17) is 5.11 Å². The molecule has 0 aromatic heterocycles. The molecule has 1 N–H and O–H groups in total. The zero-order valence-corrected chi connectivity index (χ0v) is 4.36. The normalized spacial score (nSPS) is 45.0. The summed E-state index contributed by atoms with van der Waals surface area (Å²) in [6.07, 6.45) is 1.94. The predicted molar refractivity (Wildman–Crippen MR) is 28.0 cm³/mol. The number of aliphatic hydroxyl groups is 1. The second-order valence-corrected chi connectivity index (χ2v) is 2.38. The van der Waals surface area contributed by atoms with Gasteiger partial charge in [-0.05, 0) is 12.8 Å². The lowest BCUT2D eigenvalue weighted by atomic mass is 9.96. The summed E-state index contributed by atoms with van der Waals surface area (Å²) in [5, 5.41) is 8.92. The van der Waals surface area contributed by atoms with Crippen LogP contribution >= 0.6 is 12.6 Å². The monoisotopic (exact) mass is 104 g/mol. The van der Waals surface area contributed by atoms with E-state index in [1.165, 1.54) is 0 Å². The Morgan fingerprint density at radius 2 is 2.00 bits per heavy atom. The van der Waals surface area contributed by atoms with Crippen molar-refractivity contribution in [3.8, 4) is 0 Å². The minimum Gasteiger partial charge on any atom is -0.392 e. The topological polar surface area (TPSA) is 20.2 Å². The molecule has 1 rings (SSSR count). The molecule has 0 radical (unpaired) electrons. The molecular formula is C4H8OS. The van der Waals surface area contributed by atoms with E-state index >= 15 is 0 Å². The Labute approximate surface area is 42.8 Å². The molecule has 1 aliphatic carbocycles. The first kappa shape index (κ1) is 4.47. The molecule has 0 heterocycles. The fourth-order valence-corrected chi connectivity index (χ4v) is 0.763. The average Bonchev–Trinajstić information content (AvgIpc) is 1.61. The summed E-state index contributed by atoms with van der Waals surface area (Å²) in [5.41, 5.74) is 0. The number of hydrogen-bond donors (Lipinski definition) is 2. The molecule has 0 unspecified atom stereocenters. The molecule has 2 atom stereocenters. The third-order valence-corrected chi connectivity index (χ3v) is 1.80. The van der Waals surface area contributed by atoms with E-state index in [-0.39, 0.29) is 11.4 Å². The third-order valence-electron chi connectivity index (χ3n) is 1.20. The molecule has 0 aromatic rings. The van der Waals surface area contributed by atoms with Gasteiger partial charge in [0, 0.05) is 5.25 Å². The quantitative estimate of drug-likeness (QED) is 0.427. The van der Waals surface area contributed by atoms with Crippen LogP contribution in [0.3, 0.4) is 0 Å². The molecule has 1 saturated carbocycles. The summed E-state index contributed by atoms with van der Waals surface area (Å²) < 4.78 is 0. The summed E-state index contributed by atoms with van der Waals surface area (Å²) in [4.78, 5) is 0. The predicted octanol–water partition coefficient (Wildman–Crippen LogP) is 0.440. The zero-order valence-electron chi connectivity index (χ0n) is 3.46. The summed E-state index contributed by atoms with van der Waals surface area (Å²) in [5.74, 6) is 0. The first-order chi connectivity index (χ1) is 2.80. The minimum absolute atomic E-state index is 0.103. The van der Waals surface area contributed by atoms with E-state index in [1.807, 2.05) is 0 Å². The third kappa shape index (κ3) is 0.545. The number of rotatable bonds is 0. The van der Waals surface area contributed by atoms with Crippen molar-refractivity contribution in [1.82, 2.24) is 0 Å². The molecule has 0 spiro atoms. The van der Waals surface area contributed by atoms with Crippen LogP contribution in [-0.4, -0.2) is 16.5 Å². The number of thiol groups is 1. The van der Waals surface area contributed by atoms with Gasteiger partial charge in [0.2, 0.25) is 0 Å². The highest BCUT2D eigenvalue weighted by molar-refractivity contribution is 7.81. The van der Waals surface area contributed by atoms with Gasteiger partial charge in [-0.2, -0.15) is 12.6 Å². The van der Waals surface area contributed by atoms with Gasteiger partial charge < -0.3 is 5.11 Å². The lowest BCUT2D eigenvalue weighted by Crippen LogP contribution is -2.31. The molecule has 1 nitrogen and oxygen atoms in total. The Balaban J connectivity index is 2.20. The molecule has 1 fully saturated rings. The van der Waals surface area contributed by atoms with Crippen molar-refractivity contribution >= 4 is 12.6 Å². The maximum atomic E-state index is 8.64. The van der Waals surface area contributed by atoms with Crippen LogP contribution < -0.4 is 0 Å². The number of aliphatic hydroxyl groups excluding tert-OH is 1. The Morgan fingerprint density at radius 1 is 1.50 bits per heavy atom. The Morgan fingerprint density at radius 3 is 2.00 bits per heavy atom. The summed E-state index contributed by atoms with van der Waals surface area (Å²) in [6, 6.07) is 0. The van der Waals surface area contributed by atoms with Gasteiger partial charge >= 0.3 is 0 Å². The van der Waals surface area contributed by atoms with Crippen molar-refractivity contribution < 1.29 is 5.11 Å². The van der Waals surface area contributed by atoms with Crippen LogP contribution in [0.4, 0.5) is 0 Å². The van der Waals surface area contributed by atoms with E-state index in [9.17, 15) is 0 Å². The van der Waals surface area contributed by atoms with Gasteiger partial charge in [0.15, 0.2) is 0 Å². The largest absolute Gasteiger partial charge is 0.392 e. The first-order valence-corrected chi connectivity index (χ1v) is 2.68. The van der Waals surface area contributed by atoms with Gasteiger partial charge in [0.05, 0.1) is 6.10 Å². The maximum absolute atomic E-state index is 8.64. The van der Waals surface area contributed by atoms with Crippen LogP contribution in [-0.2, 0) is 0 Å². The Hall–Kier alpha value is 0.310. The van der Waals surface area contributed by atoms with Crippen LogP contribution in [0.1, 0.15) is 12.8 Å². The van der Waals surface area contributed by atoms with Gasteiger partial charge in [-0.3, -0.25) is 0 Å².